The van der Waals surface area contributed by atoms with Crippen LogP contribution in [0.3, 0.4) is 0 Å². The van der Waals surface area contributed by atoms with E-state index in [2.05, 4.69) is 41.8 Å². The van der Waals surface area contributed by atoms with Gasteiger partial charge in [-0.05, 0) is 30.7 Å². The van der Waals surface area contributed by atoms with Crippen LogP contribution in [0.1, 0.15) is 34.3 Å². The lowest BCUT2D eigenvalue weighted by Gasteiger charge is -2.37. The zero-order valence-corrected chi connectivity index (χ0v) is 19.6. The zero-order valence-electron chi connectivity index (χ0n) is 18.8. The highest BCUT2D eigenvalue weighted by Crippen LogP contribution is 2.33. The number of hydrogen-bond donors (Lipinski definition) is 2. The number of nitrogens with one attached hydrogen (secondary N) is 2. The lowest BCUT2D eigenvalue weighted by Crippen LogP contribution is -2.47. The molecule has 8 heteroatoms. The van der Waals surface area contributed by atoms with E-state index in [1.807, 2.05) is 17.0 Å². The number of fused-ring (bicyclic) bond motifs is 1. The fourth-order valence-electron chi connectivity index (χ4n) is 4.49. The minimum atomic E-state index is -0.503. The lowest BCUT2D eigenvalue weighted by molar-refractivity contribution is -0.181. The van der Waals surface area contributed by atoms with Crippen molar-refractivity contribution >= 4 is 35.0 Å². The number of rotatable bonds is 5. The van der Waals surface area contributed by atoms with Crippen molar-refractivity contribution in [3.63, 3.8) is 0 Å². The van der Waals surface area contributed by atoms with Crippen LogP contribution in [0.5, 0.6) is 0 Å². The standard InChI is InChI=1S/C25H29N3O4S/c1-17-2-4-18(5-3-17)15-33-16-22-23(29)27-21-14-19(6-7-20(21)26-22)24(30)28-10-8-25(9-11-28)31-12-13-32-25/h2-7,14,22,26H,8-13,15-16H2,1H3,(H,27,29). The van der Waals surface area contributed by atoms with Crippen LogP contribution in [0.2, 0.25) is 0 Å². The maximum atomic E-state index is 13.0. The van der Waals surface area contributed by atoms with Gasteiger partial charge < -0.3 is 25.0 Å². The third kappa shape index (κ3) is 4.88. The van der Waals surface area contributed by atoms with Gasteiger partial charge >= 0.3 is 0 Å². The van der Waals surface area contributed by atoms with E-state index in [0.717, 1.165) is 11.4 Å². The summed E-state index contributed by atoms with van der Waals surface area (Å²) >= 11 is 1.73. The first-order valence-electron chi connectivity index (χ1n) is 11.4. The molecule has 3 aliphatic rings. The predicted octanol–water partition coefficient (Wildman–Crippen LogP) is 3.64. The number of nitrogens with zero attached hydrogens (tertiary/aromatic N) is 1. The SMILES string of the molecule is Cc1ccc(CSCC2Nc3ccc(C(=O)N4CCC5(CC4)OCCO5)cc3NC2=O)cc1. The summed E-state index contributed by atoms with van der Waals surface area (Å²) in [5.74, 6) is 0.921. The molecule has 3 heterocycles. The molecule has 2 N–H and O–H groups in total. The molecule has 0 bridgehead atoms. The number of thioether (sulfide) groups is 1. The monoisotopic (exact) mass is 467 g/mol. The van der Waals surface area contributed by atoms with Gasteiger partial charge in [0.05, 0.1) is 24.6 Å². The number of anilines is 2. The minimum absolute atomic E-state index is 0.0318. The molecule has 174 valence electrons. The normalized spacial score (nSPS) is 21.4. The molecule has 1 unspecified atom stereocenters. The molecule has 1 atom stereocenters. The molecule has 2 amide bonds. The van der Waals surface area contributed by atoms with Gasteiger partial charge in [-0.2, -0.15) is 11.8 Å². The van der Waals surface area contributed by atoms with Crippen molar-refractivity contribution in [3.8, 4) is 0 Å². The average Bonchev–Trinajstić information content (AvgIpc) is 3.28. The first-order valence-corrected chi connectivity index (χ1v) is 12.6. The molecule has 0 radical (unpaired) electrons. The molecule has 5 rings (SSSR count). The summed E-state index contributed by atoms with van der Waals surface area (Å²) in [5, 5.41) is 6.31. The summed E-state index contributed by atoms with van der Waals surface area (Å²) in [7, 11) is 0. The number of carbonyl (C=O) groups is 2. The Bertz CT molecular complexity index is 1030. The molecule has 2 aromatic rings. The van der Waals surface area contributed by atoms with Crippen LogP contribution >= 0.6 is 11.8 Å². The van der Waals surface area contributed by atoms with E-state index in [4.69, 9.17) is 9.47 Å². The van der Waals surface area contributed by atoms with Gasteiger partial charge in [-0.1, -0.05) is 29.8 Å². The van der Waals surface area contributed by atoms with E-state index in [-0.39, 0.29) is 17.9 Å². The molecule has 0 aromatic heterocycles. The van der Waals surface area contributed by atoms with Crippen molar-refractivity contribution in [2.24, 2.45) is 0 Å². The van der Waals surface area contributed by atoms with Crippen LogP contribution in [0.15, 0.2) is 42.5 Å². The molecule has 7 nitrogen and oxygen atoms in total. The third-order valence-electron chi connectivity index (χ3n) is 6.47. The molecule has 2 fully saturated rings. The van der Waals surface area contributed by atoms with Crippen LogP contribution in [-0.4, -0.2) is 60.6 Å². The third-order valence-corrected chi connectivity index (χ3v) is 7.58. The van der Waals surface area contributed by atoms with E-state index in [9.17, 15) is 9.59 Å². The first-order chi connectivity index (χ1) is 16.0. The molecular weight excluding hydrogens is 438 g/mol. The smallest absolute Gasteiger partial charge is 0.253 e. The molecule has 1 spiro atoms. The average molecular weight is 468 g/mol. The number of benzene rings is 2. The molecule has 2 aromatic carbocycles. The molecule has 33 heavy (non-hydrogen) atoms. The van der Waals surface area contributed by atoms with Gasteiger partial charge in [-0.25, -0.2) is 0 Å². The lowest BCUT2D eigenvalue weighted by atomic mass is 10.0. The Morgan fingerprint density at radius 2 is 1.82 bits per heavy atom. The van der Waals surface area contributed by atoms with Crippen molar-refractivity contribution in [1.29, 1.82) is 0 Å². The van der Waals surface area contributed by atoms with Crippen molar-refractivity contribution < 1.29 is 19.1 Å². The Labute approximate surface area is 198 Å². The van der Waals surface area contributed by atoms with Crippen molar-refractivity contribution in [2.75, 3.05) is 42.7 Å². The van der Waals surface area contributed by atoms with E-state index < -0.39 is 5.79 Å². The van der Waals surface area contributed by atoms with Crippen molar-refractivity contribution in [3.05, 3.63) is 59.2 Å². The fourth-order valence-corrected chi connectivity index (χ4v) is 5.51. The topological polar surface area (TPSA) is 79.9 Å². The minimum Gasteiger partial charge on any atom is -0.371 e. The van der Waals surface area contributed by atoms with Crippen molar-refractivity contribution in [1.82, 2.24) is 4.90 Å². The van der Waals surface area contributed by atoms with Gasteiger partial charge in [-0.15, -0.1) is 0 Å². The number of amides is 2. The van der Waals surface area contributed by atoms with Crippen LogP contribution in [0, 0.1) is 6.92 Å². The highest BCUT2D eigenvalue weighted by Gasteiger charge is 2.41. The summed E-state index contributed by atoms with van der Waals surface area (Å²) in [6.45, 7) is 4.51. The Morgan fingerprint density at radius 1 is 1.09 bits per heavy atom. The van der Waals surface area contributed by atoms with Crippen LogP contribution < -0.4 is 10.6 Å². The second-order valence-corrected chi connectivity index (χ2v) is 9.88. The quantitative estimate of drug-likeness (QED) is 0.699. The molecule has 0 aliphatic carbocycles. The van der Waals surface area contributed by atoms with Gasteiger partial charge in [0.25, 0.3) is 5.91 Å². The van der Waals surface area contributed by atoms with Crippen LogP contribution in [0.4, 0.5) is 11.4 Å². The number of piperidine rings is 1. The second-order valence-electron chi connectivity index (χ2n) is 8.85. The molecule has 0 saturated carbocycles. The Hall–Kier alpha value is -2.55. The van der Waals surface area contributed by atoms with Gasteiger partial charge in [0.2, 0.25) is 5.91 Å². The molecular formula is C25H29N3O4S. The largest absolute Gasteiger partial charge is 0.371 e. The molecule has 3 aliphatic heterocycles. The van der Waals surface area contributed by atoms with Gasteiger partial charge in [-0.3, -0.25) is 9.59 Å². The highest BCUT2D eigenvalue weighted by atomic mass is 32.2. The Kier molecular flexibility index (Phi) is 6.32. The number of ether oxygens (including phenoxy) is 2. The van der Waals surface area contributed by atoms with Crippen LogP contribution in [-0.2, 0) is 20.0 Å². The van der Waals surface area contributed by atoms with Crippen LogP contribution in [0.25, 0.3) is 0 Å². The second kappa shape index (κ2) is 9.37. The maximum absolute atomic E-state index is 13.0. The van der Waals surface area contributed by atoms with E-state index >= 15 is 0 Å². The summed E-state index contributed by atoms with van der Waals surface area (Å²) in [6.07, 6.45) is 1.37. The molecule has 2 saturated heterocycles. The number of carbonyl (C=O) groups excluding carboxylic acids is 2. The van der Waals surface area contributed by atoms with E-state index in [1.54, 1.807) is 17.8 Å². The zero-order chi connectivity index (χ0) is 22.8. The summed E-state index contributed by atoms with van der Waals surface area (Å²) < 4.78 is 11.5. The van der Waals surface area contributed by atoms with Gasteiger partial charge in [0.1, 0.15) is 6.04 Å². The predicted molar refractivity (Wildman–Crippen MR) is 130 cm³/mol. The Morgan fingerprint density at radius 3 is 2.55 bits per heavy atom. The van der Waals surface area contributed by atoms with Crippen molar-refractivity contribution in [2.45, 2.75) is 37.3 Å². The van der Waals surface area contributed by atoms with E-state index in [0.29, 0.717) is 56.1 Å². The maximum Gasteiger partial charge on any atom is 0.253 e. The number of hydrogen-bond acceptors (Lipinski definition) is 6. The van der Waals surface area contributed by atoms with E-state index in [1.165, 1.54) is 11.1 Å². The number of likely N-dealkylation sites (tertiary alicyclic amines) is 1. The summed E-state index contributed by atoms with van der Waals surface area (Å²) in [5.41, 5.74) is 4.57. The summed E-state index contributed by atoms with van der Waals surface area (Å²) in [4.78, 5) is 27.5. The first kappa shape index (κ1) is 22.3. The van der Waals surface area contributed by atoms with Gasteiger partial charge in [0.15, 0.2) is 5.79 Å². The van der Waals surface area contributed by atoms with Gasteiger partial charge in [0, 0.05) is 43.0 Å². The summed E-state index contributed by atoms with van der Waals surface area (Å²) in [6, 6.07) is 13.6. The fraction of sp³-hybridized carbons (Fsp3) is 0.440. The Balaban J connectivity index is 1.17. The highest BCUT2D eigenvalue weighted by molar-refractivity contribution is 7.98. The number of aryl methyl sites for hydroxylation is 1.